The number of piperidine rings is 1. The van der Waals surface area contributed by atoms with E-state index < -0.39 is 21.7 Å². The molecule has 1 aliphatic carbocycles. The van der Waals surface area contributed by atoms with E-state index in [1.165, 1.54) is 19.1 Å². The third-order valence-corrected chi connectivity index (χ3v) is 6.86. The molecule has 168 valence electrons. The molecule has 0 unspecified atom stereocenters. The van der Waals surface area contributed by atoms with E-state index in [0.717, 1.165) is 44.4 Å². The number of carbonyl (C=O) groups excluding carboxylic acids is 1. The molecule has 2 aliphatic rings. The van der Waals surface area contributed by atoms with Gasteiger partial charge in [-0.05, 0) is 56.1 Å². The smallest absolute Gasteiger partial charge is 0.219 e. The highest BCUT2D eigenvalue weighted by Gasteiger charge is 2.35. The molecule has 30 heavy (non-hydrogen) atoms. The number of rotatable bonds is 6. The van der Waals surface area contributed by atoms with Crippen molar-refractivity contribution in [2.24, 2.45) is 0 Å². The normalized spacial score (nSPS) is 27.8. The number of hydrogen-bond donors (Lipinski definition) is 1. The third kappa shape index (κ3) is 5.98. The fourth-order valence-electron chi connectivity index (χ4n) is 4.67. The minimum atomic E-state index is -3.40. The van der Waals surface area contributed by atoms with Crippen LogP contribution in [0.15, 0.2) is 18.2 Å². The molecule has 1 amide bonds. The van der Waals surface area contributed by atoms with Gasteiger partial charge in [0.25, 0.3) is 0 Å². The highest BCUT2D eigenvalue weighted by molar-refractivity contribution is 7.88. The van der Waals surface area contributed by atoms with E-state index in [9.17, 15) is 22.0 Å². The molecule has 9 heteroatoms. The van der Waals surface area contributed by atoms with Gasteiger partial charge in [-0.25, -0.2) is 21.9 Å². The van der Waals surface area contributed by atoms with Gasteiger partial charge in [0.15, 0.2) is 0 Å². The first kappa shape index (κ1) is 23.1. The lowest BCUT2D eigenvalue weighted by molar-refractivity contribution is -0.136. The summed E-state index contributed by atoms with van der Waals surface area (Å²) < 4.78 is 59.4. The number of halogens is 2. The Bertz CT molecular complexity index is 857. The van der Waals surface area contributed by atoms with Crippen molar-refractivity contribution in [2.75, 3.05) is 19.4 Å². The van der Waals surface area contributed by atoms with Crippen molar-refractivity contribution < 1.29 is 26.7 Å². The summed E-state index contributed by atoms with van der Waals surface area (Å²) in [4.78, 5) is 13.7. The van der Waals surface area contributed by atoms with E-state index >= 15 is 0 Å². The van der Waals surface area contributed by atoms with E-state index in [2.05, 4.69) is 4.72 Å². The average Bonchev–Trinajstić information content (AvgIpc) is 2.66. The lowest BCUT2D eigenvalue weighted by Crippen LogP contribution is -2.58. The number of nitrogens with one attached hydrogen (secondary N) is 1. The Hall–Kier alpha value is -1.58. The van der Waals surface area contributed by atoms with Crippen LogP contribution in [0.25, 0.3) is 0 Å². The third-order valence-electron chi connectivity index (χ3n) is 6.13. The van der Waals surface area contributed by atoms with Crippen LogP contribution in [0.4, 0.5) is 8.78 Å². The fraction of sp³-hybridized carbons (Fsp3) is 0.667. The summed E-state index contributed by atoms with van der Waals surface area (Å²) in [6.45, 7) is 2.33. The number of hydrogen-bond acceptors (Lipinski definition) is 4. The molecule has 0 spiro atoms. The molecule has 1 saturated heterocycles. The quantitative estimate of drug-likeness (QED) is 0.732. The van der Waals surface area contributed by atoms with E-state index in [4.69, 9.17) is 4.74 Å². The first-order valence-corrected chi connectivity index (χ1v) is 12.3. The average molecular weight is 445 g/mol. The summed E-state index contributed by atoms with van der Waals surface area (Å²) in [7, 11) is -3.40. The Labute approximate surface area is 177 Å². The van der Waals surface area contributed by atoms with Crippen molar-refractivity contribution in [1.82, 2.24) is 9.62 Å². The summed E-state index contributed by atoms with van der Waals surface area (Å²) in [5, 5.41) is 0. The van der Waals surface area contributed by atoms with Gasteiger partial charge in [0.2, 0.25) is 15.9 Å². The Morgan fingerprint density at radius 1 is 1.20 bits per heavy atom. The molecule has 6 nitrogen and oxygen atoms in total. The predicted molar refractivity (Wildman–Crippen MR) is 109 cm³/mol. The Kier molecular flexibility index (Phi) is 7.47. The number of carbonyl (C=O) groups is 1. The van der Waals surface area contributed by atoms with Crippen molar-refractivity contribution >= 4 is 15.9 Å². The monoisotopic (exact) mass is 444 g/mol. The number of ether oxygens (including phenoxy) is 1. The minimum absolute atomic E-state index is 0.0284. The van der Waals surface area contributed by atoms with E-state index in [1.54, 1.807) is 4.90 Å². The van der Waals surface area contributed by atoms with Crippen LogP contribution >= 0.6 is 0 Å². The van der Waals surface area contributed by atoms with Crippen LogP contribution in [0.1, 0.15) is 56.9 Å². The van der Waals surface area contributed by atoms with Crippen molar-refractivity contribution in [1.29, 1.82) is 0 Å². The zero-order chi connectivity index (χ0) is 21.9. The molecule has 0 aromatic heterocycles. The van der Waals surface area contributed by atoms with Gasteiger partial charge in [0, 0.05) is 25.6 Å². The maximum absolute atomic E-state index is 14.1. The van der Waals surface area contributed by atoms with Gasteiger partial charge in [0.1, 0.15) is 11.6 Å². The van der Waals surface area contributed by atoms with Crippen LogP contribution in [0.2, 0.25) is 0 Å². The molecule has 0 bridgehead atoms. The first-order valence-electron chi connectivity index (χ1n) is 10.4. The van der Waals surface area contributed by atoms with Gasteiger partial charge in [-0.3, -0.25) is 4.79 Å². The molecule has 0 radical (unpaired) electrons. The maximum atomic E-state index is 14.1. The van der Waals surface area contributed by atoms with E-state index in [0.29, 0.717) is 18.5 Å². The highest BCUT2D eigenvalue weighted by atomic mass is 32.2. The lowest BCUT2D eigenvalue weighted by Gasteiger charge is -2.41. The molecule has 1 aliphatic heterocycles. The van der Waals surface area contributed by atoms with Gasteiger partial charge < -0.3 is 9.64 Å². The first-order chi connectivity index (χ1) is 14.1. The lowest BCUT2D eigenvalue weighted by atomic mass is 9.82. The summed E-state index contributed by atoms with van der Waals surface area (Å²) in [5.74, 6) is -1.14. The molecule has 1 aromatic rings. The number of sulfonamides is 1. The Balaban J connectivity index is 1.58. The zero-order valence-electron chi connectivity index (χ0n) is 17.4. The zero-order valence-corrected chi connectivity index (χ0v) is 18.3. The molecular weight excluding hydrogens is 414 g/mol. The second kappa shape index (κ2) is 9.70. The van der Waals surface area contributed by atoms with Crippen LogP contribution in [0, 0.1) is 11.6 Å². The van der Waals surface area contributed by atoms with Gasteiger partial charge in [0.05, 0.1) is 25.0 Å². The van der Waals surface area contributed by atoms with Gasteiger partial charge in [-0.1, -0.05) is 6.07 Å². The van der Waals surface area contributed by atoms with Crippen LogP contribution in [0.5, 0.6) is 0 Å². The molecule has 1 N–H and O–H groups in total. The van der Waals surface area contributed by atoms with Crippen LogP contribution < -0.4 is 4.72 Å². The predicted octanol–water partition coefficient (Wildman–Crippen LogP) is 2.94. The van der Waals surface area contributed by atoms with E-state index in [1.807, 2.05) is 0 Å². The SMILES string of the molecule is CC(=O)N1CCC[C@H](NS(C)(=O)=O)[C@@H]1CO[C@H]1CC[C@@H](c2ccc(F)cc2F)CC1. The number of benzene rings is 1. The second-order valence-electron chi connectivity index (χ2n) is 8.39. The number of nitrogens with zero attached hydrogens (tertiary/aromatic N) is 1. The molecule has 1 saturated carbocycles. The fourth-order valence-corrected chi connectivity index (χ4v) is 5.50. The number of amides is 1. The van der Waals surface area contributed by atoms with Crippen LogP contribution in [0.3, 0.4) is 0 Å². The van der Waals surface area contributed by atoms with Gasteiger partial charge in [-0.15, -0.1) is 0 Å². The van der Waals surface area contributed by atoms with Gasteiger partial charge in [-0.2, -0.15) is 0 Å². The van der Waals surface area contributed by atoms with Gasteiger partial charge >= 0.3 is 0 Å². The van der Waals surface area contributed by atoms with Crippen molar-refractivity contribution in [3.63, 3.8) is 0 Å². The second-order valence-corrected chi connectivity index (χ2v) is 10.2. The van der Waals surface area contributed by atoms with Crippen LogP contribution in [-0.4, -0.2) is 56.8 Å². The topological polar surface area (TPSA) is 75.7 Å². The largest absolute Gasteiger partial charge is 0.376 e. The highest BCUT2D eigenvalue weighted by Crippen LogP contribution is 2.35. The summed E-state index contributed by atoms with van der Waals surface area (Å²) in [6, 6.07) is 3.01. The Morgan fingerprint density at radius 3 is 2.50 bits per heavy atom. The number of likely N-dealkylation sites (tertiary alicyclic amines) is 1. The maximum Gasteiger partial charge on any atom is 0.219 e. The molecule has 2 atom stereocenters. The molecule has 2 fully saturated rings. The van der Waals surface area contributed by atoms with Crippen molar-refractivity contribution in [3.8, 4) is 0 Å². The molecule has 1 aromatic carbocycles. The molecule has 1 heterocycles. The summed E-state index contributed by atoms with van der Waals surface area (Å²) in [6.07, 6.45) is 5.42. The van der Waals surface area contributed by atoms with Crippen molar-refractivity contribution in [2.45, 2.75) is 69.6 Å². The molecule has 3 rings (SSSR count). The molecular formula is C21H30F2N2O4S. The summed E-state index contributed by atoms with van der Waals surface area (Å²) >= 11 is 0. The van der Waals surface area contributed by atoms with E-state index in [-0.39, 0.29) is 36.6 Å². The Morgan fingerprint density at radius 2 is 1.90 bits per heavy atom. The minimum Gasteiger partial charge on any atom is -0.376 e. The summed E-state index contributed by atoms with van der Waals surface area (Å²) in [5.41, 5.74) is 0.544. The van der Waals surface area contributed by atoms with Crippen LogP contribution in [-0.2, 0) is 19.6 Å². The standard InChI is InChI=1S/C21H30F2N2O4S/c1-14(26)25-11-3-4-20(24-30(2,27)28)21(25)13-29-17-8-5-15(6-9-17)18-10-7-16(22)12-19(18)23/h7,10,12,15,17,20-21,24H,3-6,8-9,11,13H2,1-2H3/t15-,17+,20-,21-/m0/s1. The van der Waals surface area contributed by atoms with Crippen molar-refractivity contribution in [3.05, 3.63) is 35.4 Å².